The molecule has 4 aromatic rings. The van der Waals surface area contributed by atoms with E-state index in [1.165, 1.54) is 32.2 Å². The Morgan fingerprint density at radius 3 is 2.43 bits per heavy atom. The SMILES string of the molecule is COc1cc2c(oc(=O)c3cc(C(C)=O)ccc32)c(Cc2ccc(O)cc2)c1N=O. The lowest BCUT2D eigenvalue weighted by molar-refractivity contribution is 0.101. The third-order valence-electron chi connectivity index (χ3n) is 5.07. The molecule has 0 atom stereocenters. The number of phenolic OH excluding ortho intramolecular Hbond substituents is 1. The van der Waals surface area contributed by atoms with Crippen LogP contribution in [0.2, 0.25) is 0 Å². The summed E-state index contributed by atoms with van der Waals surface area (Å²) in [7, 11) is 1.43. The topological polar surface area (TPSA) is 106 Å². The second-order valence-electron chi connectivity index (χ2n) is 6.92. The first-order valence-electron chi connectivity index (χ1n) is 9.15. The van der Waals surface area contributed by atoms with Crippen molar-refractivity contribution in [3.63, 3.8) is 0 Å². The Kier molecular flexibility index (Phi) is 4.79. The number of nitrogens with zero attached hydrogens (tertiary/aromatic N) is 1. The van der Waals surface area contributed by atoms with Crippen molar-refractivity contribution in [3.05, 3.63) is 80.5 Å². The van der Waals surface area contributed by atoms with Crippen LogP contribution in [-0.2, 0) is 6.42 Å². The van der Waals surface area contributed by atoms with E-state index in [0.29, 0.717) is 21.9 Å². The Labute approximate surface area is 170 Å². The summed E-state index contributed by atoms with van der Waals surface area (Å²) in [6.45, 7) is 1.42. The number of carbonyl (C=O) groups is 1. The fraction of sp³-hybridized carbons (Fsp3) is 0.130. The normalized spacial score (nSPS) is 11.0. The number of carbonyl (C=O) groups excluding carboxylic acids is 1. The van der Waals surface area contributed by atoms with E-state index in [9.17, 15) is 19.6 Å². The summed E-state index contributed by atoms with van der Waals surface area (Å²) < 4.78 is 11.0. The molecule has 1 aromatic heterocycles. The Hall–Kier alpha value is -4.00. The summed E-state index contributed by atoms with van der Waals surface area (Å²) >= 11 is 0. The molecule has 7 nitrogen and oxygen atoms in total. The Bertz CT molecular complexity index is 1370. The van der Waals surface area contributed by atoms with E-state index < -0.39 is 5.63 Å². The van der Waals surface area contributed by atoms with Crippen LogP contribution in [0.15, 0.2) is 62.9 Å². The van der Waals surface area contributed by atoms with E-state index in [-0.39, 0.29) is 40.4 Å². The second kappa shape index (κ2) is 7.44. The van der Waals surface area contributed by atoms with Crippen LogP contribution in [-0.4, -0.2) is 18.0 Å². The molecule has 7 heteroatoms. The zero-order valence-electron chi connectivity index (χ0n) is 16.3. The van der Waals surface area contributed by atoms with Crippen LogP contribution in [0.5, 0.6) is 11.5 Å². The number of hydrogen-bond donors (Lipinski definition) is 1. The highest BCUT2D eigenvalue weighted by molar-refractivity contribution is 6.09. The molecule has 0 saturated heterocycles. The maximum Gasteiger partial charge on any atom is 0.344 e. The van der Waals surface area contributed by atoms with E-state index >= 15 is 0 Å². The minimum absolute atomic E-state index is 0.0425. The van der Waals surface area contributed by atoms with Crippen LogP contribution < -0.4 is 10.4 Å². The fourth-order valence-corrected chi connectivity index (χ4v) is 3.55. The number of ketones is 1. The number of aromatic hydroxyl groups is 1. The molecular formula is C23H17NO6. The lowest BCUT2D eigenvalue weighted by Crippen LogP contribution is -2.04. The predicted molar refractivity (Wildman–Crippen MR) is 113 cm³/mol. The summed E-state index contributed by atoms with van der Waals surface area (Å²) in [5.41, 5.74) is 1.24. The monoisotopic (exact) mass is 403 g/mol. The summed E-state index contributed by atoms with van der Waals surface area (Å²) in [5, 5.41) is 14.1. The number of rotatable bonds is 5. The molecule has 0 aliphatic carbocycles. The lowest BCUT2D eigenvalue weighted by Gasteiger charge is -2.13. The van der Waals surface area contributed by atoms with Crippen molar-refractivity contribution < 1.29 is 19.1 Å². The summed E-state index contributed by atoms with van der Waals surface area (Å²) in [6, 6.07) is 12.9. The van der Waals surface area contributed by atoms with Crippen molar-refractivity contribution in [2.24, 2.45) is 5.18 Å². The Morgan fingerprint density at radius 2 is 1.80 bits per heavy atom. The van der Waals surface area contributed by atoms with Crippen LogP contribution in [0.1, 0.15) is 28.4 Å². The van der Waals surface area contributed by atoms with Gasteiger partial charge in [0, 0.05) is 28.3 Å². The summed E-state index contributed by atoms with van der Waals surface area (Å²) in [5.74, 6) is 0.196. The number of fused-ring (bicyclic) bond motifs is 3. The van der Waals surface area contributed by atoms with Gasteiger partial charge in [0.1, 0.15) is 17.1 Å². The van der Waals surface area contributed by atoms with Gasteiger partial charge >= 0.3 is 5.63 Å². The van der Waals surface area contributed by atoms with Crippen molar-refractivity contribution >= 4 is 33.2 Å². The Morgan fingerprint density at radius 1 is 1.07 bits per heavy atom. The average molecular weight is 403 g/mol. The highest BCUT2D eigenvalue weighted by atomic mass is 16.5. The van der Waals surface area contributed by atoms with Crippen molar-refractivity contribution in [2.75, 3.05) is 7.11 Å². The van der Waals surface area contributed by atoms with Crippen molar-refractivity contribution in [1.29, 1.82) is 0 Å². The smallest absolute Gasteiger partial charge is 0.344 e. The molecule has 1 heterocycles. The number of benzene rings is 3. The molecule has 30 heavy (non-hydrogen) atoms. The van der Waals surface area contributed by atoms with E-state index in [1.807, 2.05) is 0 Å². The zero-order chi connectivity index (χ0) is 21.4. The van der Waals surface area contributed by atoms with Crippen LogP contribution >= 0.6 is 0 Å². The van der Waals surface area contributed by atoms with Gasteiger partial charge in [0.25, 0.3) is 0 Å². The standard InChI is InChI=1S/C23H17NO6/c1-12(25)14-5-8-16-17-11-20(29-2)21(24-28)19(9-13-3-6-15(26)7-4-13)22(17)30-23(27)18(16)10-14/h3-8,10-11,26H,9H2,1-2H3. The van der Waals surface area contributed by atoms with Gasteiger partial charge in [-0.15, -0.1) is 4.91 Å². The largest absolute Gasteiger partial charge is 0.508 e. The first-order valence-corrected chi connectivity index (χ1v) is 9.15. The highest BCUT2D eigenvalue weighted by Gasteiger charge is 2.21. The summed E-state index contributed by atoms with van der Waals surface area (Å²) in [6.07, 6.45) is 0.231. The van der Waals surface area contributed by atoms with E-state index in [0.717, 1.165) is 5.56 Å². The van der Waals surface area contributed by atoms with Gasteiger partial charge in [0.15, 0.2) is 11.5 Å². The molecule has 0 saturated carbocycles. The Balaban J connectivity index is 2.07. The number of ether oxygens (including phenoxy) is 1. The number of nitroso groups, excluding NO2 is 1. The van der Waals surface area contributed by atoms with Gasteiger partial charge in [-0.25, -0.2) is 4.79 Å². The van der Waals surface area contributed by atoms with Crippen LogP contribution in [0.25, 0.3) is 21.7 Å². The molecule has 0 amide bonds. The van der Waals surface area contributed by atoms with Gasteiger partial charge in [0.05, 0.1) is 12.5 Å². The fourth-order valence-electron chi connectivity index (χ4n) is 3.55. The van der Waals surface area contributed by atoms with Gasteiger partial charge in [-0.2, -0.15) is 0 Å². The second-order valence-corrected chi connectivity index (χ2v) is 6.92. The predicted octanol–water partition coefficient (Wildman–Crippen LogP) is 4.85. The van der Waals surface area contributed by atoms with E-state index in [2.05, 4.69) is 5.18 Å². The van der Waals surface area contributed by atoms with Gasteiger partial charge in [-0.3, -0.25) is 4.79 Å². The van der Waals surface area contributed by atoms with Crippen LogP contribution in [0, 0.1) is 4.91 Å². The molecule has 1 N–H and O–H groups in total. The lowest BCUT2D eigenvalue weighted by atomic mass is 9.97. The molecule has 3 aromatic carbocycles. The van der Waals surface area contributed by atoms with E-state index in [1.54, 1.807) is 30.3 Å². The third-order valence-corrected chi connectivity index (χ3v) is 5.07. The van der Waals surface area contributed by atoms with Gasteiger partial charge in [-0.1, -0.05) is 24.3 Å². The summed E-state index contributed by atoms with van der Waals surface area (Å²) in [4.78, 5) is 36.1. The maximum absolute atomic E-state index is 12.7. The molecule has 0 radical (unpaired) electrons. The number of hydrogen-bond acceptors (Lipinski definition) is 7. The molecule has 0 fully saturated rings. The molecule has 0 spiro atoms. The quantitative estimate of drug-likeness (QED) is 0.221. The van der Waals surface area contributed by atoms with Crippen molar-refractivity contribution in [1.82, 2.24) is 0 Å². The third kappa shape index (κ3) is 3.20. The molecule has 0 bridgehead atoms. The number of Topliss-reactive ketones (excluding diaryl/α,β-unsaturated/α-hetero) is 1. The number of phenols is 1. The zero-order valence-corrected chi connectivity index (χ0v) is 16.3. The minimum atomic E-state index is -0.616. The molecule has 4 rings (SSSR count). The molecule has 0 aliphatic rings. The van der Waals surface area contributed by atoms with Crippen LogP contribution in [0.4, 0.5) is 5.69 Å². The first kappa shape index (κ1) is 19.3. The maximum atomic E-state index is 12.7. The highest BCUT2D eigenvalue weighted by Crippen LogP contribution is 2.40. The van der Waals surface area contributed by atoms with Gasteiger partial charge in [-0.05, 0) is 41.9 Å². The van der Waals surface area contributed by atoms with E-state index in [4.69, 9.17) is 9.15 Å². The molecule has 150 valence electrons. The minimum Gasteiger partial charge on any atom is -0.508 e. The van der Waals surface area contributed by atoms with Crippen molar-refractivity contribution in [2.45, 2.75) is 13.3 Å². The van der Waals surface area contributed by atoms with Gasteiger partial charge in [0.2, 0.25) is 0 Å². The van der Waals surface area contributed by atoms with Crippen molar-refractivity contribution in [3.8, 4) is 11.5 Å². The average Bonchev–Trinajstić information content (AvgIpc) is 2.75. The van der Waals surface area contributed by atoms with Gasteiger partial charge < -0.3 is 14.3 Å². The molecular weight excluding hydrogens is 386 g/mol. The molecule has 0 aliphatic heterocycles. The number of methoxy groups -OCH3 is 1. The van der Waals surface area contributed by atoms with Crippen LogP contribution in [0.3, 0.4) is 0 Å². The first-order chi connectivity index (χ1) is 14.4. The molecule has 0 unspecified atom stereocenters.